The van der Waals surface area contributed by atoms with Crippen LogP contribution in [-0.4, -0.2) is 61.5 Å². The third-order valence-electron chi connectivity index (χ3n) is 6.23. The topological polar surface area (TPSA) is 96.8 Å². The fourth-order valence-electron chi connectivity index (χ4n) is 4.33. The molecule has 188 valence electrons. The zero-order valence-corrected chi connectivity index (χ0v) is 21.7. The number of Topliss-reactive ketones (excluding diaryl/α,β-unsaturated/α-hetero) is 1. The van der Waals surface area contributed by atoms with E-state index in [1.807, 2.05) is 30.3 Å². The number of fused-ring (bicyclic) bond motifs is 1. The van der Waals surface area contributed by atoms with Crippen LogP contribution in [0.25, 0.3) is 27.7 Å². The van der Waals surface area contributed by atoms with Gasteiger partial charge in [-0.15, -0.1) is 0 Å². The van der Waals surface area contributed by atoms with Crippen LogP contribution in [0.15, 0.2) is 61.1 Å². The van der Waals surface area contributed by atoms with Crippen LogP contribution in [0.5, 0.6) is 0 Å². The molecule has 4 heterocycles. The van der Waals surface area contributed by atoms with Gasteiger partial charge >= 0.3 is 0 Å². The Kier molecular flexibility index (Phi) is 6.76. The van der Waals surface area contributed by atoms with Crippen molar-refractivity contribution in [2.45, 2.75) is 39.2 Å². The molecule has 0 radical (unpaired) electrons. The minimum Gasteiger partial charge on any atom is -0.364 e. The summed E-state index contributed by atoms with van der Waals surface area (Å²) in [7, 11) is 2.10. The maximum absolute atomic E-state index is 13.1. The lowest BCUT2D eigenvalue weighted by atomic mass is 10.0. The largest absolute Gasteiger partial charge is 0.364 e. The van der Waals surface area contributed by atoms with Crippen molar-refractivity contribution in [3.63, 3.8) is 0 Å². The number of hydrogen-bond acceptors (Lipinski definition) is 8. The molecule has 8 heteroatoms. The lowest BCUT2D eigenvalue weighted by molar-refractivity contribution is 0.0991. The SMILES string of the molecule is CN1CC=C(c2cc(C(=O)Cc3cc4cc(-c5cncc(NC(C)(C)C)n5)ccc4nn3)ccn2)CC1. The zero-order valence-electron chi connectivity index (χ0n) is 21.7. The number of ketones is 1. The fourth-order valence-corrected chi connectivity index (χ4v) is 4.33. The van der Waals surface area contributed by atoms with Gasteiger partial charge < -0.3 is 10.2 Å². The van der Waals surface area contributed by atoms with E-state index in [0.717, 1.165) is 53.2 Å². The molecule has 3 aromatic heterocycles. The molecule has 0 bridgehead atoms. The molecule has 0 atom stereocenters. The number of rotatable bonds is 6. The van der Waals surface area contributed by atoms with Gasteiger partial charge in [0, 0.05) is 41.3 Å². The van der Waals surface area contributed by atoms with Crippen molar-refractivity contribution in [1.29, 1.82) is 0 Å². The van der Waals surface area contributed by atoms with Crippen LogP contribution in [0.4, 0.5) is 5.82 Å². The normalized spacial score (nSPS) is 14.4. The highest BCUT2D eigenvalue weighted by Gasteiger charge is 2.15. The molecule has 0 saturated heterocycles. The Morgan fingerprint density at radius 1 is 1.05 bits per heavy atom. The number of hydrogen-bond donors (Lipinski definition) is 1. The zero-order chi connectivity index (χ0) is 26.0. The molecule has 0 aliphatic carbocycles. The summed E-state index contributed by atoms with van der Waals surface area (Å²) in [5.74, 6) is 0.714. The molecule has 1 aromatic carbocycles. The van der Waals surface area contributed by atoms with Gasteiger partial charge in [-0.3, -0.25) is 14.8 Å². The number of aromatic nitrogens is 5. The van der Waals surface area contributed by atoms with Crippen LogP contribution in [0.2, 0.25) is 0 Å². The van der Waals surface area contributed by atoms with Crippen molar-refractivity contribution in [3.8, 4) is 11.3 Å². The van der Waals surface area contributed by atoms with Crippen LogP contribution < -0.4 is 5.32 Å². The number of carbonyl (C=O) groups is 1. The summed E-state index contributed by atoms with van der Waals surface area (Å²) in [5.41, 5.74) is 5.66. The van der Waals surface area contributed by atoms with Crippen LogP contribution in [0.3, 0.4) is 0 Å². The molecule has 4 aromatic rings. The van der Waals surface area contributed by atoms with E-state index in [2.05, 4.69) is 64.3 Å². The Hall–Kier alpha value is -4.04. The predicted octanol–water partition coefficient (Wildman–Crippen LogP) is 4.84. The third kappa shape index (κ3) is 6.03. The smallest absolute Gasteiger partial charge is 0.169 e. The maximum atomic E-state index is 13.1. The van der Waals surface area contributed by atoms with E-state index in [9.17, 15) is 4.79 Å². The molecule has 0 unspecified atom stereocenters. The Balaban J connectivity index is 1.37. The standard InChI is InChI=1S/C29H31N7O/c1-29(2,3)33-28-18-30-17-26(32-28)20-5-6-24-22(13-20)14-23(34-35-24)16-27(37)21-7-10-31-25(15-21)19-8-11-36(4)12-9-19/h5-8,10,13-15,17-18H,9,11-12,16H2,1-4H3,(H,32,33). The van der Waals surface area contributed by atoms with Crippen molar-refractivity contribution in [2.24, 2.45) is 0 Å². The Labute approximate surface area is 216 Å². The number of nitrogens with one attached hydrogen (secondary N) is 1. The van der Waals surface area contributed by atoms with Gasteiger partial charge in [0.2, 0.25) is 0 Å². The summed E-state index contributed by atoms with van der Waals surface area (Å²) in [5, 5.41) is 12.9. The lowest BCUT2D eigenvalue weighted by Crippen LogP contribution is -2.26. The number of carbonyl (C=O) groups excluding carboxylic acids is 1. The van der Waals surface area contributed by atoms with Gasteiger partial charge in [-0.1, -0.05) is 12.1 Å². The highest BCUT2D eigenvalue weighted by molar-refractivity contribution is 5.98. The van der Waals surface area contributed by atoms with E-state index in [4.69, 9.17) is 4.98 Å². The average Bonchev–Trinajstić information content (AvgIpc) is 2.88. The summed E-state index contributed by atoms with van der Waals surface area (Å²) in [6, 6.07) is 11.5. The molecular formula is C29H31N7O. The van der Waals surface area contributed by atoms with Gasteiger partial charge in [0.25, 0.3) is 0 Å². The molecule has 1 N–H and O–H groups in total. The van der Waals surface area contributed by atoms with Crippen molar-refractivity contribution in [2.75, 3.05) is 25.5 Å². The minimum atomic E-state index is -0.118. The molecule has 1 aliphatic heterocycles. The molecule has 1 aliphatic rings. The van der Waals surface area contributed by atoms with Crippen molar-refractivity contribution < 1.29 is 4.79 Å². The first-order valence-electron chi connectivity index (χ1n) is 12.5. The van der Waals surface area contributed by atoms with Gasteiger partial charge in [0.05, 0.1) is 41.4 Å². The molecular weight excluding hydrogens is 462 g/mol. The Bertz CT molecular complexity index is 1490. The first-order valence-corrected chi connectivity index (χ1v) is 12.5. The van der Waals surface area contributed by atoms with Gasteiger partial charge in [0.15, 0.2) is 5.78 Å². The quantitative estimate of drug-likeness (QED) is 0.381. The van der Waals surface area contributed by atoms with E-state index < -0.39 is 0 Å². The molecule has 37 heavy (non-hydrogen) atoms. The fraction of sp³-hybridized carbons (Fsp3) is 0.310. The van der Waals surface area contributed by atoms with E-state index in [-0.39, 0.29) is 17.7 Å². The predicted molar refractivity (Wildman–Crippen MR) is 146 cm³/mol. The van der Waals surface area contributed by atoms with Crippen LogP contribution in [0.1, 0.15) is 48.9 Å². The molecule has 0 spiro atoms. The minimum absolute atomic E-state index is 0.00574. The molecule has 0 amide bonds. The van der Waals surface area contributed by atoms with Crippen molar-refractivity contribution >= 4 is 28.1 Å². The number of pyridine rings is 1. The highest BCUT2D eigenvalue weighted by atomic mass is 16.1. The lowest BCUT2D eigenvalue weighted by Gasteiger charge is -2.21. The van der Waals surface area contributed by atoms with Crippen LogP contribution in [-0.2, 0) is 6.42 Å². The number of benzene rings is 1. The maximum Gasteiger partial charge on any atom is 0.169 e. The van der Waals surface area contributed by atoms with Gasteiger partial charge in [-0.25, -0.2) is 4.98 Å². The Morgan fingerprint density at radius 3 is 2.70 bits per heavy atom. The van der Waals surface area contributed by atoms with Gasteiger partial charge in [0.1, 0.15) is 5.82 Å². The number of nitrogens with zero attached hydrogens (tertiary/aromatic N) is 6. The summed E-state index contributed by atoms with van der Waals surface area (Å²) in [6.07, 6.45) is 8.46. The summed E-state index contributed by atoms with van der Waals surface area (Å²) < 4.78 is 0. The molecule has 0 saturated carbocycles. The summed E-state index contributed by atoms with van der Waals surface area (Å²) in [6.45, 7) is 8.13. The molecule has 0 fully saturated rings. The van der Waals surface area contributed by atoms with Crippen molar-refractivity contribution in [3.05, 3.63) is 78.0 Å². The second kappa shape index (κ2) is 10.1. The van der Waals surface area contributed by atoms with Crippen LogP contribution in [0, 0.1) is 0 Å². The molecule has 5 rings (SSSR count). The monoisotopic (exact) mass is 493 g/mol. The number of anilines is 1. The van der Waals surface area contributed by atoms with E-state index in [1.165, 1.54) is 5.57 Å². The van der Waals surface area contributed by atoms with E-state index in [1.54, 1.807) is 24.7 Å². The van der Waals surface area contributed by atoms with Crippen LogP contribution >= 0.6 is 0 Å². The number of likely N-dealkylation sites (N-methyl/N-ethyl adjacent to an activating group) is 1. The van der Waals surface area contributed by atoms with E-state index in [0.29, 0.717) is 11.3 Å². The first-order chi connectivity index (χ1) is 17.7. The molecule has 8 nitrogen and oxygen atoms in total. The second-order valence-corrected chi connectivity index (χ2v) is 10.5. The summed E-state index contributed by atoms with van der Waals surface area (Å²) in [4.78, 5) is 29.0. The van der Waals surface area contributed by atoms with E-state index >= 15 is 0 Å². The first kappa shape index (κ1) is 24.6. The summed E-state index contributed by atoms with van der Waals surface area (Å²) >= 11 is 0. The third-order valence-corrected chi connectivity index (χ3v) is 6.23. The van der Waals surface area contributed by atoms with Gasteiger partial charge in [-0.05, 0) is 70.1 Å². The van der Waals surface area contributed by atoms with Crippen molar-refractivity contribution in [1.82, 2.24) is 30.0 Å². The Morgan fingerprint density at radius 2 is 1.92 bits per heavy atom. The highest BCUT2D eigenvalue weighted by Crippen LogP contribution is 2.25. The average molecular weight is 494 g/mol. The van der Waals surface area contributed by atoms with Gasteiger partial charge in [-0.2, -0.15) is 10.2 Å². The second-order valence-electron chi connectivity index (χ2n) is 10.5.